The molecule has 7 atom stereocenters. The van der Waals surface area contributed by atoms with E-state index in [1.54, 1.807) is 42.5 Å². The van der Waals surface area contributed by atoms with Gasteiger partial charge < -0.3 is 24.4 Å². The van der Waals surface area contributed by atoms with Crippen LogP contribution in [0.25, 0.3) is 0 Å². The number of allylic oxidation sites excluding steroid dienone is 1. The number of carbonyl (C=O) groups is 3. The lowest BCUT2D eigenvalue weighted by Crippen LogP contribution is -2.57. The van der Waals surface area contributed by atoms with Crippen molar-refractivity contribution in [3.05, 3.63) is 90.5 Å². The Morgan fingerprint density at radius 3 is 2.56 bits per heavy atom. The summed E-state index contributed by atoms with van der Waals surface area (Å²) in [5.41, 5.74) is -0.214. The van der Waals surface area contributed by atoms with Gasteiger partial charge in [-0.2, -0.15) is 0 Å². The topological polar surface area (TPSA) is 96.4 Å². The van der Waals surface area contributed by atoms with Crippen molar-refractivity contribution in [1.29, 1.82) is 0 Å². The summed E-state index contributed by atoms with van der Waals surface area (Å²) >= 11 is 10.3. The Kier molecular flexibility index (Phi) is 9.76. The maximum atomic E-state index is 14.8. The molecule has 3 aliphatic heterocycles. The molecule has 2 aromatic rings. The second-order valence-electron chi connectivity index (χ2n) is 11.2. The summed E-state index contributed by atoms with van der Waals surface area (Å²) in [5.74, 6) is -3.24. The van der Waals surface area contributed by atoms with Gasteiger partial charge in [-0.15, -0.1) is 13.2 Å². The quantitative estimate of drug-likeness (QED) is 0.136. The van der Waals surface area contributed by atoms with E-state index in [2.05, 4.69) is 29.1 Å². The van der Waals surface area contributed by atoms with Crippen LogP contribution in [0.5, 0.6) is 0 Å². The number of unbranched alkanes of at least 4 members (excludes halogenated alkanes) is 2. The van der Waals surface area contributed by atoms with Gasteiger partial charge in [0.2, 0.25) is 5.91 Å². The zero-order chi connectivity index (χ0) is 30.7. The van der Waals surface area contributed by atoms with Crippen molar-refractivity contribution in [1.82, 2.24) is 4.90 Å². The molecule has 2 amide bonds. The third kappa shape index (κ3) is 5.57. The summed E-state index contributed by atoms with van der Waals surface area (Å²) in [5, 5.41) is 11.1. The molecule has 0 aliphatic carbocycles. The number of hydrogen-bond acceptors (Lipinski definition) is 6. The van der Waals surface area contributed by atoms with Gasteiger partial charge in [-0.25, -0.2) is 0 Å². The molecule has 3 unspecified atom stereocenters. The number of fused-ring (bicyclic) bond motifs is 1. The van der Waals surface area contributed by atoms with Gasteiger partial charge in [-0.3, -0.25) is 14.4 Å². The van der Waals surface area contributed by atoms with Gasteiger partial charge in [0.05, 0.1) is 47.9 Å². The molecule has 2 aromatic carbocycles. The van der Waals surface area contributed by atoms with Gasteiger partial charge in [0.25, 0.3) is 5.91 Å². The molecule has 1 spiro atoms. The molecule has 0 saturated carbocycles. The number of anilines is 1. The minimum atomic E-state index is -1.33. The first-order valence-electron chi connectivity index (χ1n) is 14.5. The Morgan fingerprint density at radius 1 is 1.16 bits per heavy atom. The Bertz CT molecular complexity index is 1370. The number of alkyl halides is 1. The van der Waals surface area contributed by atoms with Crippen molar-refractivity contribution in [2.45, 2.75) is 54.3 Å². The zero-order valence-corrected chi connectivity index (χ0v) is 26.2. The van der Waals surface area contributed by atoms with E-state index in [1.807, 2.05) is 24.3 Å². The number of halogens is 2. The minimum absolute atomic E-state index is 0.119. The largest absolute Gasteiger partial charge is 0.465 e. The second kappa shape index (κ2) is 13.3. The summed E-state index contributed by atoms with van der Waals surface area (Å²) in [4.78, 5) is 45.6. The van der Waals surface area contributed by atoms with Crippen LogP contribution in [0.4, 0.5) is 5.69 Å². The van der Waals surface area contributed by atoms with Gasteiger partial charge in [0, 0.05) is 11.4 Å². The first-order valence-corrected chi connectivity index (χ1v) is 15.8. The highest BCUT2D eigenvalue weighted by molar-refractivity contribution is 9.09. The number of esters is 1. The van der Waals surface area contributed by atoms with Crippen molar-refractivity contribution in [2.75, 3.05) is 24.7 Å². The van der Waals surface area contributed by atoms with Gasteiger partial charge in [-0.05, 0) is 43.4 Å². The van der Waals surface area contributed by atoms with E-state index in [0.717, 1.165) is 12.8 Å². The van der Waals surface area contributed by atoms with Crippen LogP contribution in [0, 0.1) is 11.8 Å². The molecule has 3 aliphatic rings. The fraction of sp³-hybridized carbons (Fsp3) is 0.424. The van der Waals surface area contributed by atoms with Crippen LogP contribution < -0.4 is 4.90 Å². The Balaban J connectivity index is 1.59. The minimum Gasteiger partial charge on any atom is -0.465 e. The third-order valence-electron chi connectivity index (χ3n) is 8.69. The Labute approximate surface area is 265 Å². The number of carbonyl (C=O) groups excluding carboxylic acids is 3. The van der Waals surface area contributed by atoms with E-state index in [9.17, 15) is 19.5 Å². The summed E-state index contributed by atoms with van der Waals surface area (Å²) in [6.07, 6.45) is 5.38. The van der Waals surface area contributed by atoms with Crippen molar-refractivity contribution >= 4 is 51.0 Å². The molecule has 228 valence electrons. The summed E-state index contributed by atoms with van der Waals surface area (Å²) < 4.78 is 12.3. The number of aliphatic hydroxyl groups is 1. The Morgan fingerprint density at radius 2 is 1.88 bits per heavy atom. The highest BCUT2D eigenvalue weighted by Gasteiger charge is 2.77. The van der Waals surface area contributed by atoms with Crippen LogP contribution in [0.15, 0.2) is 79.9 Å². The maximum Gasteiger partial charge on any atom is 0.312 e. The second-order valence-corrected chi connectivity index (χ2v) is 12.7. The van der Waals surface area contributed by atoms with Gasteiger partial charge in [0.15, 0.2) is 0 Å². The lowest BCUT2D eigenvalue weighted by Gasteiger charge is -2.39. The number of amides is 2. The van der Waals surface area contributed by atoms with Crippen LogP contribution in [-0.2, 0) is 23.9 Å². The molecule has 3 fully saturated rings. The first kappa shape index (κ1) is 31.4. The lowest BCUT2D eigenvalue weighted by molar-refractivity contribution is -0.155. The van der Waals surface area contributed by atoms with E-state index >= 15 is 0 Å². The average Bonchev–Trinajstić information content (AvgIpc) is 3.60. The van der Waals surface area contributed by atoms with Crippen molar-refractivity contribution < 1.29 is 29.0 Å². The summed E-state index contributed by atoms with van der Waals surface area (Å²) in [6, 6.07) is 14.0. The normalized spacial score (nSPS) is 27.9. The van der Waals surface area contributed by atoms with Crippen molar-refractivity contribution in [3.63, 3.8) is 0 Å². The van der Waals surface area contributed by atoms with Crippen LogP contribution in [0.2, 0.25) is 5.02 Å². The van der Waals surface area contributed by atoms with E-state index in [-0.39, 0.29) is 18.0 Å². The van der Waals surface area contributed by atoms with Gasteiger partial charge >= 0.3 is 5.97 Å². The van der Waals surface area contributed by atoms with Crippen LogP contribution in [0.1, 0.15) is 37.3 Å². The first-order chi connectivity index (χ1) is 20.8. The van der Waals surface area contributed by atoms with E-state index in [0.29, 0.717) is 29.1 Å². The number of rotatable bonds is 13. The molecule has 5 rings (SSSR count). The maximum absolute atomic E-state index is 14.8. The molecule has 3 heterocycles. The standard InChI is InChI=1S/C33H36BrClN2O6/c1-3-5-6-12-18-42-32(41)26-27-30(39)37(25(20-38)21-13-8-7-9-14-21)29(33(27)19-22(34)28(26)43-33)31(40)36(17-4-2)24-16-11-10-15-23(24)35/h3-4,7-11,13-16,22,25-29,38H,1-2,5-6,12,17-20H2/t22?,25-,26-,27+,28-,29?,33?/m1/s1. The predicted molar refractivity (Wildman–Crippen MR) is 168 cm³/mol. The van der Waals surface area contributed by atoms with E-state index in [1.165, 1.54) is 9.80 Å². The smallest absolute Gasteiger partial charge is 0.312 e. The molecule has 0 radical (unpaired) electrons. The average molecular weight is 672 g/mol. The third-order valence-corrected chi connectivity index (χ3v) is 9.86. The number of aliphatic hydroxyl groups excluding tert-OH is 1. The molecule has 3 saturated heterocycles. The predicted octanol–water partition coefficient (Wildman–Crippen LogP) is 5.24. The van der Waals surface area contributed by atoms with Crippen molar-refractivity contribution in [2.24, 2.45) is 11.8 Å². The van der Waals surface area contributed by atoms with Crippen molar-refractivity contribution in [3.8, 4) is 0 Å². The van der Waals surface area contributed by atoms with Crippen LogP contribution >= 0.6 is 27.5 Å². The lowest BCUT2D eigenvalue weighted by atomic mass is 9.70. The summed E-state index contributed by atoms with van der Waals surface area (Å²) in [6.45, 7) is 7.46. The fourth-order valence-electron chi connectivity index (χ4n) is 6.90. The monoisotopic (exact) mass is 670 g/mol. The SMILES string of the molecule is C=CCCCCOC(=O)[C@H]1[C@@H]2OC3(CC2Br)C(C(=O)N(CC=C)c2ccccc2Cl)N([C@H](CO)c2ccccc2)C(=O)[C@H]13. The molecule has 10 heteroatoms. The highest BCUT2D eigenvalue weighted by atomic mass is 79.9. The van der Waals surface area contributed by atoms with Gasteiger partial charge in [-0.1, -0.05) is 82.1 Å². The number of benzene rings is 2. The van der Waals surface area contributed by atoms with Gasteiger partial charge in [0.1, 0.15) is 11.6 Å². The molecule has 8 nitrogen and oxygen atoms in total. The zero-order valence-electron chi connectivity index (χ0n) is 23.8. The number of hydrogen-bond donors (Lipinski definition) is 1. The number of nitrogens with zero attached hydrogens (tertiary/aromatic N) is 2. The Hall–Kier alpha value is -2.98. The van der Waals surface area contributed by atoms with E-state index < -0.39 is 60.0 Å². The number of likely N-dealkylation sites (tertiary alicyclic amines) is 1. The highest BCUT2D eigenvalue weighted by Crippen LogP contribution is 2.61. The number of para-hydroxylation sites is 1. The van der Waals surface area contributed by atoms with Crippen LogP contribution in [-0.4, -0.2) is 70.1 Å². The molecule has 2 bridgehead atoms. The summed E-state index contributed by atoms with van der Waals surface area (Å²) in [7, 11) is 0. The molecular weight excluding hydrogens is 636 g/mol. The molecular formula is C33H36BrClN2O6. The fourth-order valence-corrected chi connectivity index (χ4v) is 8.08. The molecule has 1 N–H and O–H groups in total. The van der Waals surface area contributed by atoms with E-state index in [4.69, 9.17) is 21.1 Å². The molecule has 43 heavy (non-hydrogen) atoms. The van der Waals surface area contributed by atoms with Crippen LogP contribution in [0.3, 0.4) is 0 Å². The number of ether oxygens (including phenoxy) is 2. The molecule has 0 aromatic heterocycles.